The van der Waals surface area contributed by atoms with E-state index >= 15 is 0 Å². The van der Waals surface area contributed by atoms with Crippen LogP contribution in [0.5, 0.6) is 5.75 Å². The third-order valence-corrected chi connectivity index (χ3v) is 4.21. The number of carbonyl (C=O) groups excluding carboxylic acids is 2. The Morgan fingerprint density at radius 2 is 2.20 bits per heavy atom. The molecule has 0 aromatic heterocycles. The molecular formula is C16H20BrN5O3. The number of aliphatic imine (C=N–C) groups is 1. The van der Waals surface area contributed by atoms with E-state index in [2.05, 4.69) is 26.2 Å². The molecule has 1 atom stereocenters. The average Bonchev–Trinajstić information content (AvgIpc) is 2.83. The predicted octanol–water partition coefficient (Wildman–Crippen LogP) is 1.40. The fourth-order valence-electron chi connectivity index (χ4n) is 2.34. The van der Waals surface area contributed by atoms with E-state index in [1.54, 1.807) is 19.3 Å². The number of carbonyl (C=O) groups is 2. The Bertz CT molecular complexity index is 716. The van der Waals surface area contributed by atoms with E-state index in [0.29, 0.717) is 25.1 Å². The van der Waals surface area contributed by atoms with Gasteiger partial charge in [0.1, 0.15) is 11.8 Å². The number of benzene rings is 1. The Morgan fingerprint density at radius 3 is 2.84 bits per heavy atom. The van der Waals surface area contributed by atoms with E-state index in [9.17, 15) is 9.59 Å². The van der Waals surface area contributed by atoms with Crippen LogP contribution in [0.3, 0.4) is 0 Å². The molecular weight excluding hydrogens is 390 g/mol. The Kier molecular flexibility index (Phi) is 6.40. The van der Waals surface area contributed by atoms with E-state index < -0.39 is 12.1 Å². The minimum atomic E-state index is -0.561. The minimum absolute atomic E-state index is 0.0111. The molecule has 0 spiro atoms. The number of halogens is 1. The molecule has 0 aliphatic carbocycles. The van der Waals surface area contributed by atoms with Crippen LogP contribution in [-0.4, -0.2) is 42.5 Å². The van der Waals surface area contributed by atoms with Gasteiger partial charge in [0.15, 0.2) is 5.96 Å². The second-order valence-electron chi connectivity index (χ2n) is 5.37. The number of guanidine groups is 1. The summed E-state index contributed by atoms with van der Waals surface area (Å²) in [7, 11) is 1.58. The summed E-state index contributed by atoms with van der Waals surface area (Å²) < 4.78 is 5.95. The largest absolute Gasteiger partial charge is 0.496 e. The van der Waals surface area contributed by atoms with Crippen molar-refractivity contribution in [3.05, 3.63) is 34.4 Å². The normalized spacial score (nSPS) is 17.0. The summed E-state index contributed by atoms with van der Waals surface area (Å²) in [5.41, 5.74) is 11.3. The lowest BCUT2D eigenvalue weighted by Crippen LogP contribution is -2.29. The topological polar surface area (TPSA) is 123 Å². The van der Waals surface area contributed by atoms with Gasteiger partial charge in [-0.15, -0.1) is 0 Å². The lowest BCUT2D eigenvalue weighted by Gasteiger charge is -2.08. The Hall–Kier alpha value is -2.55. The van der Waals surface area contributed by atoms with Gasteiger partial charge in [-0.1, -0.05) is 6.07 Å². The van der Waals surface area contributed by atoms with Crippen molar-refractivity contribution in [1.29, 1.82) is 0 Å². The van der Waals surface area contributed by atoms with Crippen molar-refractivity contribution >= 4 is 39.9 Å². The van der Waals surface area contributed by atoms with Crippen molar-refractivity contribution in [3.8, 4) is 5.75 Å². The molecule has 3 amide bonds. The fraction of sp³-hybridized carbons (Fsp3) is 0.312. The van der Waals surface area contributed by atoms with Crippen LogP contribution in [0.15, 0.2) is 33.9 Å². The molecule has 1 fully saturated rings. The first-order valence-corrected chi connectivity index (χ1v) is 8.42. The number of hydrogen-bond acceptors (Lipinski definition) is 4. The van der Waals surface area contributed by atoms with Crippen LogP contribution in [-0.2, 0) is 4.79 Å². The van der Waals surface area contributed by atoms with Crippen molar-refractivity contribution in [2.24, 2.45) is 16.5 Å². The number of nitrogens with one attached hydrogen (secondary N) is 1. The van der Waals surface area contributed by atoms with Crippen LogP contribution in [0.2, 0.25) is 0 Å². The number of rotatable bonds is 7. The maximum Gasteiger partial charge on any atom is 0.328 e. The Morgan fingerprint density at radius 1 is 1.44 bits per heavy atom. The van der Waals surface area contributed by atoms with Crippen molar-refractivity contribution < 1.29 is 14.3 Å². The van der Waals surface area contributed by atoms with E-state index in [0.717, 1.165) is 14.9 Å². The van der Waals surface area contributed by atoms with Crippen molar-refractivity contribution in [2.75, 3.05) is 13.7 Å². The number of ether oxygens (including phenoxy) is 1. The van der Waals surface area contributed by atoms with Crippen LogP contribution < -0.4 is 21.5 Å². The zero-order valence-corrected chi connectivity index (χ0v) is 15.3. The predicted molar refractivity (Wildman–Crippen MR) is 98.8 cm³/mol. The smallest absolute Gasteiger partial charge is 0.328 e. The highest BCUT2D eigenvalue weighted by Gasteiger charge is 2.36. The first kappa shape index (κ1) is 18.8. The molecule has 0 bridgehead atoms. The van der Waals surface area contributed by atoms with Gasteiger partial charge in [0.25, 0.3) is 5.91 Å². The van der Waals surface area contributed by atoms with Gasteiger partial charge < -0.3 is 21.5 Å². The van der Waals surface area contributed by atoms with Gasteiger partial charge in [-0.3, -0.25) is 9.79 Å². The summed E-state index contributed by atoms with van der Waals surface area (Å²) in [6.07, 6.45) is 4.21. The summed E-state index contributed by atoms with van der Waals surface area (Å²) in [6, 6.07) is 4.45. The van der Waals surface area contributed by atoms with Gasteiger partial charge in [-0.2, -0.15) is 0 Å². The molecule has 9 heteroatoms. The average molecular weight is 410 g/mol. The summed E-state index contributed by atoms with van der Waals surface area (Å²) in [5, 5.41) is 2.65. The van der Waals surface area contributed by atoms with Crippen LogP contribution in [0, 0.1) is 0 Å². The van der Waals surface area contributed by atoms with Crippen molar-refractivity contribution in [1.82, 2.24) is 10.2 Å². The highest BCUT2D eigenvalue weighted by Crippen LogP contribution is 2.26. The van der Waals surface area contributed by atoms with Gasteiger partial charge in [-0.05, 0) is 52.5 Å². The molecule has 134 valence electrons. The number of nitrogens with zero attached hydrogens (tertiary/aromatic N) is 2. The van der Waals surface area contributed by atoms with Gasteiger partial charge in [0.2, 0.25) is 0 Å². The molecule has 8 nitrogen and oxygen atoms in total. The quantitative estimate of drug-likeness (QED) is 0.271. The number of hydrogen-bond donors (Lipinski definition) is 3. The highest BCUT2D eigenvalue weighted by molar-refractivity contribution is 9.10. The maximum atomic E-state index is 12.3. The Balaban J connectivity index is 1.97. The van der Waals surface area contributed by atoms with Crippen LogP contribution in [0.4, 0.5) is 4.79 Å². The zero-order chi connectivity index (χ0) is 18.4. The number of amides is 3. The second kappa shape index (κ2) is 8.52. The lowest BCUT2D eigenvalue weighted by molar-refractivity contribution is -0.125. The van der Waals surface area contributed by atoms with Crippen LogP contribution >= 0.6 is 15.9 Å². The molecule has 1 saturated heterocycles. The van der Waals surface area contributed by atoms with E-state index in [4.69, 9.17) is 16.2 Å². The molecule has 25 heavy (non-hydrogen) atoms. The first-order chi connectivity index (χ1) is 11.9. The minimum Gasteiger partial charge on any atom is -0.496 e. The monoisotopic (exact) mass is 409 g/mol. The summed E-state index contributed by atoms with van der Waals surface area (Å²) in [6.45, 7) is 0.414. The summed E-state index contributed by atoms with van der Waals surface area (Å²) in [5.74, 6) is 0.420. The molecule has 1 aromatic rings. The number of nitrogens with two attached hydrogens (primary N) is 2. The number of methoxy groups -OCH3 is 1. The fourth-order valence-corrected chi connectivity index (χ4v) is 2.89. The van der Waals surface area contributed by atoms with E-state index in [1.807, 2.05) is 12.1 Å². The SMILES string of the molecule is COc1ccc(/C=C/N2C(=O)N[C@@H](CCCN=C(N)N)C2=O)cc1Br. The standard InChI is InChI=1S/C16H20BrN5O3/c1-25-13-5-4-10(9-11(13)17)6-8-22-14(23)12(21-16(22)24)3-2-7-20-15(18)19/h4-6,8-9,12H,2-3,7H2,1H3,(H,21,24)(H4,18,19,20)/b8-6+/t12-/m0/s1. The lowest BCUT2D eigenvalue weighted by atomic mass is 10.1. The van der Waals surface area contributed by atoms with Gasteiger partial charge in [0.05, 0.1) is 11.6 Å². The van der Waals surface area contributed by atoms with E-state index in [1.165, 1.54) is 6.20 Å². The second-order valence-corrected chi connectivity index (χ2v) is 6.22. The zero-order valence-electron chi connectivity index (χ0n) is 13.7. The van der Waals surface area contributed by atoms with E-state index in [-0.39, 0.29) is 11.9 Å². The van der Waals surface area contributed by atoms with Crippen molar-refractivity contribution in [2.45, 2.75) is 18.9 Å². The van der Waals surface area contributed by atoms with Gasteiger partial charge >= 0.3 is 6.03 Å². The molecule has 1 aliphatic rings. The van der Waals surface area contributed by atoms with Gasteiger partial charge in [-0.25, -0.2) is 9.69 Å². The number of urea groups is 1. The first-order valence-electron chi connectivity index (χ1n) is 7.63. The molecule has 5 N–H and O–H groups in total. The van der Waals surface area contributed by atoms with Gasteiger partial charge in [0, 0.05) is 12.7 Å². The molecule has 0 saturated carbocycles. The molecule has 1 heterocycles. The molecule has 2 rings (SSSR count). The highest BCUT2D eigenvalue weighted by atomic mass is 79.9. The third kappa shape index (κ3) is 4.96. The molecule has 1 aliphatic heterocycles. The van der Waals surface area contributed by atoms with Crippen LogP contribution in [0.25, 0.3) is 6.08 Å². The molecule has 1 aromatic carbocycles. The molecule has 0 radical (unpaired) electrons. The third-order valence-electron chi connectivity index (χ3n) is 3.59. The van der Waals surface area contributed by atoms with Crippen molar-refractivity contribution in [3.63, 3.8) is 0 Å². The maximum absolute atomic E-state index is 12.3. The summed E-state index contributed by atoms with van der Waals surface area (Å²) in [4.78, 5) is 29.2. The Labute approximate surface area is 154 Å². The summed E-state index contributed by atoms with van der Waals surface area (Å²) >= 11 is 3.39. The number of imide groups is 1. The molecule has 0 unspecified atom stereocenters. The van der Waals surface area contributed by atoms with Crippen LogP contribution in [0.1, 0.15) is 18.4 Å².